The third kappa shape index (κ3) is 1.66. The Morgan fingerprint density at radius 3 is 3.06 bits per heavy atom. The molecule has 1 aromatic rings. The molecule has 1 atom stereocenters. The lowest BCUT2D eigenvalue weighted by Crippen LogP contribution is -2.47. The van der Waals surface area contributed by atoms with Crippen LogP contribution in [-0.4, -0.2) is 24.3 Å². The van der Waals surface area contributed by atoms with Crippen molar-refractivity contribution in [2.45, 2.75) is 19.9 Å². The summed E-state index contributed by atoms with van der Waals surface area (Å²) in [5.41, 5.74) is 0.612. The molecule has 0 aromatic heterocycles. The molecular formula is C12H12NO3. The Bertz CT molecular complexity index is 442. The van der Waals surface area contributed by atoms with Crippen molar-refractivity contribution in [1.82, 2.24) is 0 Å². The predicted octanol–water partition coefficient (Wildman–Crippen LogP) is 1.19. The maximum absolute atomic E-state index is 11.7. The number of carbonyl (C=O) groups excluding carboxylic acids is 2. The molecule has 0 N–H and O–H groups in total. The van der Waals surface area contributed by atoms with Gasteiger partial charge in [0.15, 0.2) is 18.1 Å². The van der Waals surface area contributed by atoms with Crippen molar-refractivity contribution in [2.24, 2.45) is 0 Å². The highest BCUT2D eigenvalue weighted by Crippen LogP contribution is 2.32. The second-order valence-electron chi connectivity index (χ2n) is 3.72. The summed E-state index contributed by atoms with van der Waals surface area (Å²) < 4.78 is 5.24. The molecule has 1 aliphatic heterocycles. The molecule has 0 aliphatic carbocycles. The zero-order chi connectivity index (χ0) is 11.7. The highest BCUT2D eigenvalue weighted by molar-refractivity contribution is 6.03. The molecule has 1 aromatic carbocycles. The summed E-state index contributed by atoms with van der Waals surface area (Å²) in [4.78, 5) is 24.6. The first-order valence-electron chi connectivity index (χ1n) is 5.07. The Morgan fingerprint density at radius 1 is 1.62 bits per heavy atom. The van der Waals surface area contributed by atoms with Gasteiger partial charge < -0.3 is 4.74 Å². The van der Waals surface area contributed by atoms with E-state index in [1.807, 2.05) is 0 Å². The Labute approximate surface area is 93.8 Å². The fraction of sp³-hybridized carbons (Fsp3) is 0.333. The fourth-order valence-corrected chi connectivity index (χ4v) is 1.66. The average Bonchev–Trinajstić information content (AvgIpc) is 2.28. The first-order chi connectivity index (χ1) is 7.61. The molecule has 16 heavy (non-hydrogen) atoms. The Kier molecular flexibility index (Phi) is 2.64. The standard InChI is InChI=1S/C12H12NO3/c1-8(9(2)14)13-10-5-3-4-6-11(10)16-7-12(13)15/h3-5,8H,7H2,1-2H3. The lowest BCUT2D eigenvalue weighted by molar-refractivity contribution is -0.125. The molecule has 1 aliphatic rings. The van der Waals surface area contributed by atoms with Gasteiger partial charge in [-0.05, 0) is 19.9 Å². The summed E-state index contributed by atoms with van der Waals surface area (Å²) in [6.07, 6.45) is 0. The van der Waals surface area contributed by atoms with Crippen LogP contribution in [0.3, 0.4) is 0 Å². The van der Waals surface area contributed by atoms with Gasteiger partial charge in [-0.15, -0.1) is 0 Å². The summed E-state index contributed by atoms with van der Waals surface area (Å²) in [5, 5.41) is 0. The lowest BCUT2D eigenvalue weighted by atomic mass is 10.1. The first-order valence-corrected chi connectivity index (χ1v) is 5.07. The van der Waals surface area contributed by atoms with E-state index >= 15 is 0 Å². The van der Waals surface area contributed by atoms with Crippen molar-refractivity contribution in [3.05, 3.63) is 24.3 Å². The van der Waals surface area contributed by atoms with E-state index in [9.17, 15) is 9.59 Å². The van der Waals surface area contributed by atoms with Crippen LogP contribution < -0.4 is 9.64 Å². The summed E-state index contributed by atoms with van der Waals surface area (Å²) >= 11 is 0. The molecule has 1 heterocycles. The number of hydrogen-bond acceptors (Lipinski definition) is 3. The summed E-state index contributed by atoms with van der Waals surface area (Å²) in [6, 6.07) is 7.67. The van der Waals surface area contributed by atoms with Gasteiger partial charge in [0.2, 0.25) is 0 Å². The Hall–Kier alpha value is -1.84. The number of hydrogen-bond donors (Lipinski definition) is 0. The predicted molar refractivity (Wildman–Crippen MR) is 58.4 cm³/mol. The highest BCUT2D eigenvalue weighted by atomic mass is 16.5. The fourth-order valence-electron chi connectivity index (χ4n) is 1.66. The van der Waals surface area contributed by atoms with E-state index in [-0.39, 0.29) is 18.3 Å². The largest absolute Gasteiger partial charge is 0.481 e. The number of Topliss-reactive ketones (excluding diaryl/α,β-unsaturated/α-hetero) is 1. The smallest absolute Gasteiger partial charge is 0.265 e. The molecule has 0 fully saturated rings. The molecule has 0 saturated heterocycles. The van der Waals surface area contributed by atoms with Crippen LogP contribution >= 0.6 is 0 Å². The second kappa shape index (κ2) is 3.96. The van der Waals surface area contributed by atoms with E-state index in [0.717, 1.165) is 0 Å². The average molecular weight is 218 g/mol. The van der Waals surface area contributed by atoms with E-state index in [1.54, 1.807) is 25.1 Å². The van der Waals surface area contributed by atoms with Gasteiger partial charge in [0.1, 0.15) is 0 Å². The van der Waals surface area contributed by atoms with Crippen molar-refractivity contribution < 1.29 is 14.3 Å². The Morgan fingerprint density at radius 2 is 2.38 bits per heavy atom. The SMILES string of the molecule is CC(=O)C(C)N1C(=O)COc2[c]cccc21. The van der Waals surface area contributed by atoms with Crippen molar-refractivity contribution in [2.75, 3.05) is 11.5 Å². The molecule has 1 amide bonds. The van der Waals surface area contributed by atoms with Crippen LogP contribution in [0.1, 0.15) is 13.8 Å². The van der Waals surface area contributed by atoms with E-state index in [1.165, 1.54) is 11.8 Å². The molecule has 0 bridgehead atoms. The van der Waals surface area contributed by atoms with E-state index < -0.39 is 6.04 Å². The van der Waals surface area contributed by atoms with Crippen LogP contribution in [0, 0.1) is 6.07 Å². The summed E-state index contributed by atoms with van der Waals surface area (Å²) in [6.45, 7) is 3.15. The monoisotopic (exact) mass is 218 g/mol. The summed E-state index contributed by atoms with van der Waals surface area (Å²) in [7, 11) is 0. The molecule has 4 nitrogen and oxygen atoms in total. The van der Waals surface area contributed by atoms with Crippen molar-refractivity contribution >= 4 is 17.4 Å². The van der Waals surface area contributed by atoms with Crippen LogP contribution in [0.15, 0.2) is 18.2 Å². The summed E-state index contributed by atoms with van der Waals surface area (Å²) in [5.74, 6) is 0.273. The van der Waals surface area contributed by atoms with Gasteiger partial charge in [-0.1, -0.05) is 12.1 Å². The highest BCUT2D eigenvalue weighted by Gasteiger charge is 2.31. The van der Waals surface area contributed by atoms with Gasteiger partial charge >= 0.3 is 0 Å². The van der Waals surface area contributed by atoms with Gasteiger partial charge in [-0.2, -0.15) is 0 Å². The first kappa shape index (κ1) is 10.7. The number of amides is 1. The van der Waals surface area contributed by atoms with Crippen LogP contribution in [0.25, 0.3) is 0 Å². The number of fused-ring (bicyclic) bond motifs is 1. The minimum atomic E-state index is -0.467. The maximum atomic E-state index is 11.7. The third-order valence-electron chi connectivity index (χ3n) is 2.64. The normalized spacial score (nSPS) is 16.4. The third-order valence-corrected chi connectivity index (χ3v) is 2.64. The quantitative estimate of drug-likeness (QED) is 0.749. The number of anilines is 1. The number of rotatable bonds is 2. The van der Waals surface area contributed by atoms with Gasteiger partial charge in [0.25, 0.3) is 5.91 Å². The van der Waals surface area contributed by atoms with E-state index in [0.29, 0.717) is 11.4 Å². The van der Waals surface area contributed by atoms with Crippen LogP contribution in [-0.2, 0) is 9.59 Å². The number of ether oxygens (including phenoxy) is 1. The molecule has 2 rings (SSSR count). The van der Waals surface area contributed by atoms with Gasteiger partial charge in [0, 0.05) is 6.07 Å². The topological polar surface area (TPSA) is 46.6 Å². The molecule has 1 unspecified atom stereocenters. The minimum absolute atomic E-state index is 0.0366. The number of para-hydroxylation sites is 1. The van der Waals surface area contributed by atoms with Gasteiger partial charge in [-0.25, -0.2) is 0 Å². The molecule has 83 valence electrons. The van der Waals surface area contributed by atoms with Crippen LogP contribution in [0.4, 0.5) is 5.69 Å². The van der Waals surface area contributed by atoms with Crippen LogP contribution in [0.2, 0.25) is 0 Å². The molecule has 0 saturated carbocycles. The number of benzene rings is 1. The maximum Gasteiger partial charge on any atom is 0.265 e. The molecular weight excluding hydrogens is 206 g/mol. The number of ketones is 1. The minimum Gasteiger partial charge on any atom is -0.481 e. The van der Waals surface area contributed by atoms with Gasteiger partial charge in [-0.3, -0.25) is 14.5 Å². The van der Waals surface area contributed by atoms with E-state index in [4.69, 9.17) is 4.74 Å². The van der Waals surface area contributed by atoms with Crippen molar-refractivity contribution in [3.63, 3.8) is 0 Å². The zero-order valence-corrected chi connectivity index (χ0v) is 9.19. The number of nitrogens with zero attached hydrogens (tertiary/aromatic N) is 1. The zero-order valence-electron chi connectivity index (χ0n) is 9.19. The Balaban J connectivity index is 2.44. The molecule has 0 spiro atoms. The molecule has 1 radical (unpaired) electrons. The van der Waals surface area contributed by atoms with Crippen molar-refractivity contribution in [3.8, 4) is 5.75 Å². The molecule has 4 heteroatoms. The lowest BCUT2D eigenvalue weighted by Gasteiger charge is -2.32. The van der Waals surface area contributed by atoms with Crippen LogP contribution in [0.5, 0.6) is 5.75 Å². The van der Waals surface area contributed by atoms with E-state index in [2.05, 4.69) is 6.07 Å². The van der Waals surface area contributed by atoms with Gasteiger partial charge in [0.05, 0.1) is 11.7 Å². The number of carbonyl (C=O) groups is 2. The second-order valence-corrected chi connectivity index (χ2v) is 3.72. The van der Waals surface area contributed by atoms with Crippen molar-refractivity contribution in [1.29, 1.82) is 0 Å².